The second kappa shape index (κ2) is 6.66. The summed E-state index contributed by atoms with van der Waals surface area (Å²) in [5, 5.41) is 0. The molecule has 0 aromatic carbocycles. The maximum absolute atomic E-state index is 11.8. The van der Waals surface area contributed by atoms with E-state index in [9.17, 15) is 4.79 Å². The lowest BCUT2D eigenvalue weighted by Gasteiger charge is -2.26. The highest BCUT2D eigenvalue weighted by Gasteiger charge is 2.16. The Labute approximate surface area is 97.4 Å². The van der Waals surface area contributed by atoms with E-state index in [1.807, 2.05) is 11.8 Å². The van der Waals surface area contributed by atoms with E-state index in [0.29, 0.717) is 13.0 Å². The van der Waals surface area contributed by atoms with Gasteiger partial charge in [0.25, 0.3) is 0 Å². The van der Waals surface area contributed by atoms with Gasteiger partial charge in [0.1, 0.15) is 0 Å². The van der Waals surface area contributed by atoms with Crippen LogP contribution in [0.5, 0.6) is 0 Å². The van der Waals surface area contributed by atoms with Gasteiger partial charge in [-0.3, -0.25) is 4.79 Å². The van der Waals surface area contributed by atoms with Crippen LogP contribution in [0.4, 0.5) is 0 Å². The molecule has 1 rings (SSSR count). The van der Waals surface area contributed by atoms with Crippen LogP contribution in [0.2, 0.25) is 0 Å². The average molecular weight is 226 g/mol. The summed E-state index contributed by atoms with van der Waals surface area (Å²) in [7, 11) is 1.70. The summed E-state index contributed by atoms with van der Waals surface area (Å²) >= 11 is 0. The third kappa shape index (κ3) is 4.33. The molecule has 92 valence electrons. The molecule has 0 aliphatic carbocycles. The quantitative estimate of drug-likeness (QED) is 0.709. The van der Waals surface area contributed by atoms with Gasteiger partial charge in [-0.15, -0.1) is 0 Å². The standard InChI is InChI=1S/C12H22N2O2/c1-10(13)3-4-12(15)14-7-5-11(6-8-14)9-16-2/h5,10H,3-4,6-9,13H2,1-2H3. The fourth-order valence-electron chi connectivity index (χ4n) is 1.76. The van der Waals surface area contributed by atoms with Crippen molar-refractivity contribution in [1.82, 2.24) is 4.90 Å². The Hall–Kier alpha value is -0.870. The maximum atomic E-state index is 11.8. The van der Waals surface area contributed by atoms with Gasteiger partial charge < -0.3 is 15.4 Å². The molecule has 0 saturated heterocycles. The highest BCUT2D eigenvalue weighted by Crippen LogP contribution is 2.12. The third-order valence-electron chi connectivity index (χ3n) is 2.80. The molecule has 16 heavy (non-hydrogen) atoms. The Morgan fingerprint density at radius 1 is 1.69 bits per heavy atom. The van der Waals surface area contributed by atoms with E-state index in [1.54, 1.807) is 7.11 Å². The fraction of sp³-hybridized carbons (Fsp3) is 0.750. The van der Waals surface area contributed by atoms with Crippen LogP contribution in [-0.4, -0.2) is 43.7 Å². The number of nitrogens with zero attached hydrogens (tertiary/aromatic N) is 1. The van der Waals surface area contributed by atoms with Gasteiger partial charge in [-0.1, -0.05) is 6.08 Å². The third-order valence-corrected chi connectivity index (χ3v) is 2.80. The highest BCUT2D eigenvalue weighted by atomic mass is 16.5. The highest BCUT2D eigenvalue weighted by molar-refractivity contribution is 5.76. The van der Waals surface area contributed by atoms with Crippen molar-refractivity contribution in [2.45, 2.75) is 32.2 Å². The number of carbonyl (C=O) groups excluding carboxylic acids is 1. The molecule has 4 heteroatoms. The van der Waals surface area contributed by atoms with Crippen LogP contribution in [0.3, 0.4) is 0 Å². The van der Waals surface area contributed by atoms with E-state index in [-0.39, 0.29) is 11.9 Å². The summed E-state index contributed by atoms with van der Waals surface area (Å²) in [5.41, 5.74) is 6.92. The Balaban J connectivity index is 2.32. The number of carbonyl (C=O) groups is 1. The molecule has 1 atom stereocenters. The lowest BCUT2D eigenvalue weighted by atomic mass is 10.1. The Bertz CT molecular complexity index is 262. The topological polar surface area (TPSA) is 55.6 Å². The van der Waals surface area contributed by atoms with Crippen molar-refractivity contribution in [2.75, 3.05) is 26.8 Å². The van der Waals surface area contributed by atoms with Gasteiger partial charge >= 0.3 is 0 Å². The first-order valence-electron chi connectivity index (χ1n) is 5.83. The molecule has 0 spiro atoms. The van der Waals surface area contributed by atoms with Crippen LogP contribution < -0.4 is 5.73 Å². The summed E-state index contributed by atoms with van der Waals surface area (Å²) in [6.07, 6.45) is 4.35. The van der Waals surface area contributed by atoms with E-state index in [4.69, 9.17) is 10.5 Å². The number of rotatable bonds is 5. The van der Waals surface area contributed by atoms with Crippen LogP contribution in [0.25, 0.3) is 0 Å². The molecular formula is C12H22N2O2. The van der Waals surface area contributed by atoms with Crippen LogP contribution in [-0.2, 0) is 9.53 Å². The van der Waals surface area contributed by atoms with Gasteiger partial charge in [0.2, 0.25) is 5.91 Å². The SMILES string of the molecule is COCC1=CCN(C(=O)CCC(C)N)CC1. The number of ether oxygens (including phenoxy) is 1. The minimum atomic E-state index is 0.105. The largest absolute Gasteiger partial charge is 0.380 e. The molecule has 2 N–H and O–H groups in total. The van der Waals surface area contributed by atoms with Gasteiger partial charge in [0, 0.05) is 32.7 Å². The number of amides is 1. The molecular weight excluding hydrogens is 204 g/mol. The molecule has 0 saturated carbocycles. The van der Waals surface area contributed by atoms with Crippen molar-refractivity contribution in [3.63, 3.8) is 0 Å². The summed E-state index contributed by atoms with van der Waals surface area (Å²) in [4.78, 5) is 13.7. The van der Waals surface area contributed by atoms with E-state index in [2.05, 4.69) is 6.08 Å². The minimum absolute atomic E-state index is 0.105. The molecule has 0 bridgehead atoms. The minimum Gasteiger partial charge on any atom is -0.380 e. The number of hydrogen-bond donors (Lipinski definition) is 1. The van der Waals surface area contributed by atoms with Crippen molar-refractivity contribution < 1.29 is 9.53 Å². The number of hydrogen-bond acceptors (Lipinski definition) is 3. The molecule has 0 radical (unpaired) electrons. The Morgan fingerprint density at radius 2 is 2.44 bits per heavy atom. The second-order valence-electron chi connectivity index (χ2n) is 4.40. The van der Waals surface area contributed by atoms with Crippen molar-refractivity contribution in [3.05, 3.63) is 11.6 Å². The molecule has 1 amide bonds. The fourth-order valence-corrected chi connectivity index (χ4v) is 1.76. The van der Waals surface area contributed by atoms with Gasteiger partial charge in [-0.05, 0) is 25.3 Å². The zero-order chi connectivity index (χ0) is 12.0. The molecule has 1 heterocycles. The van der Waals surface area contributed by atoms with Gasteiger partial charge in [0.15, 0.2) is 0 Å². The van der Waals surface area contributed by atoms with Crippen molar-refractivity contribution in [2.24, 2.45) is 5.73 Å². The monoisotopic (exact) mass is 226 g/mol. The van der Waals surface area contributed by atoms with E-state index in [1.165, 1.54) is 5.57 Å². The first-order chi connectivity index (χ1) is 7.63. The normalized spacial score (nSPS) is 18.2. The summed E-state index contributed by atoms with van der Waals surface area (Å²) in [5.74, 6) is 0.213. The van der Waals surface area contributed by atoms with Crippen molar-refractivity contribution >= 4 is 5.91 Å². The molecule has 4 nitrogen and oxygen atoms in total. The molecule has 0 aromatic heterocycles. The summed E-state index contributed by atoms with van der Waals surface area (Å²) in [6.45, 7) is 4.14. The van der Waals surface area contributed by atoms with Crippen molar-refractivity contribution in [3.8, 4) is 0 Å². The van der Waals surface area contributed by atoms with Crippen LogP contribution in [0, 0.1) is 0 Å². The first kappa shape index (κ1) is 13.2. The maximum Gasteiger partial charge on any atom is 0.222 e. The summed E-state index contributed by atoms with van der Waals surface area (Å²) in [6, 6.07) is 0.105. The molecule has 1 aliphatic rings. The zero-order valence-corrected chi connectivity index (χ0v) is 10.2. The number of nitrogens with two attached hydrogens (primary N) is 1. The smallest absolute Gasteiger partial charge is 0.222 e. The zero-order valence-electron chi connectivity index (χ0n) is 10.2. The average Bonchev–Trinajstić information content (AvgIpc) is 2.27. The Kier molecular flexibility index (Phi) is 5.49. The predicted octanol–water partition coefficient (Wildman–Crippen LogP) is 0.919. The number of methoxy groups -OCH3 is 1. The van der Waals surface area contributed by atoms with E-state index in [0.717, 1.165) is 25.9 Å². The lowest BCUT2D eigenvalue weighted by Crippen LogP contribution is -2.35. The van der Waals surface area contributed by atoms with E-state index >= 15 is 0 Å². The van der Waals surface area contributed by atoms with Gasteiger partial charge in [-0.25, -0.2) is 0 Å². The second-order valence-corrected chi connectivity index (χ2v) is 4.40. The van der Waals surface area contributed by atoms with Crippen LogP contribution in [0.15, 0.2) is 11.6 Å². The Morgan fingerprint density at radius 3 is 2.94 bits per heavy atom. The molecule has 0 fully saturated rings. The lowest BCUT2D eigenvalue weighted by molar-refractivity contribution is -0.131. The van der Waals surface area contributed by atoms with Crippen LogP contribution in [0.1, 0.15) is 26.2 Å². The summed E-state index contributed by atoms with van der Waals surface area (Å²) < 4.78 is 5.07. The molecule has 1 aliphatic heterocycles. The van der Waals surface area contributed by atoms with E-state index < -0.39 is 0 Å². The molecule has 0 aromatic rings. The predicted molar refractivity (Wildman–Crippen MR) is 64.0 cm³/mol. The van der Waals surface area contributed by atoms with Crippen LogP contribution >= 0.6 is 0 Å². The molecule has 1 unspecified atom stereocenters. The first-order valence-corrected chi connectivity index (χ1v) is 5.83. The van der Waals surface area contributed by atoms with Gasteiger partial charge in [0.05, 0.1) is 6.61 Å². The van der Waals surface area contributed by atoms with Gasteiger partial charge in [-0.2, -0.15) is 0 Å². The van der Waals surface area contributed by atoms with Crippen molar-refractivity contribution in [1.29, 1.82) is 0 Å².